The van der Waals surface area contributed by atoms with Gasteiger partial charge >= 0.3 is 5.97 Å². The highest BCUT2D eigenvalue weighted by molar-refractivity contribution is 14.1. The molecule has 0 saturated carbocycles. The van der Waals surface area contributed by atoms with Crippen molar-refractivity contribution in [3.05, 3.63) is 15.1 Å². The molecule has 1 aromatic rings. The summed E-state index contributed by atoms with van der Waals surface area (Å²) < 4.78 is 0.738. The molecule has 0 aliphatic heterocycles. The molecule has 0 aliphatic carbocycles. The lowest BCUT2D eigenvalue weighted by atomic mass is 10.0. The first-order valence-corrected chi connectivity index (χ1v) is 6.53. The fraction of sp³-hybridized carbons (Fsp3) is 0.500. The third-order valence-electron chi connectivity index (χ3n) is 2.03. The van der Waals surface area contributed by atoms with Crippen LogP contribution in [0.5, 0.6) is 0 Å². The Morgan fingerprint density at radius 2 is 2.29 bits per heavy atom. The number of carboxylic acid groups (broad SMARTS) is 1. The van der Waals surface area contributed by atoms with E-state index < -0.39 is 12.0 Å². The predicted molar refractivity (Wildman–Crippen MR) is 74.3 cm³/mol. The summed E-state index contributed by atoms with van der Waals surface area (Å²) in [4.78, 5) is 18.9. The average Bonchev–Trinajstić information content (AvgIpc) is 2.21. The standard InChI is InChI=1S/C10H13ClIN3O2/c1-5(2)3-7(9(16)17)14-8-6(12)4-13-10(11)15-8/h4-5,7H,3H2,1-2H3,(H,16,17)(H,13,14,15)/t7-/m0/s1. The first kappa shape index (κ1) is 14.4. The Kier molecular flexibility index (Phi) is 5.38. The Hall–Kier alpha value is -0.630. The molecule has 0 unspecified atom stereocenters. The molecule has 0 aliphatic rings. The van der Waals surface area contributed by atoms with Gasteiger partial charge in [-0.05, 0) is 46.5 Å². The van der Waals surface area contributed by atoms with Crippen LogP contribution in [-0.2, 0) is 4.79 Å². The Balaban J connectivity index is 2.85. The molecule has 1 atom stereocenters. The van der Waals surface area contributed by atoms with Gasteiger partial charge in [0, 0.05) is 6.20 Å². The van der Waals surface area contributed by atoms with Crippen LogP contribution in [-0.4, -0.2) is 27.1 Å². The van der Waals surface area contributed by atoms with Crippen LogP contribution in [0, 0.1) is 9.49 Å². The van der Waals surface area contributed by atoms with Crippen molar-refractivity contribution in [3.63, 3.8) is 0 Å². The number of aliphatic carboxylic acids is 1. The van der Waals surface area contributed by atoms with Crippen molar-refractivity contribution in [1.29, 1.82) is 0 Å². The van der Waals surface area contributed by atoms with Gasteiger partial charge in [-0.1, -0.05) is 13.8 Å². The second kappa shape index (κ2) is 6.34. The van der Waals surface area contributed by atoms with Gasteiger partial charge in [-0.2, -0.15) is 4.98 Å². The maximum absolute atomic E-state index is 11.1. The van der Waals surface area contributed by atoms with E-state index in [1.165, 1.54) is 0 Å². The molecule has 0 radical (unpaired) electrons. The predicted octanol–water partition coefficient (Wildman–Crippen LogP) is 2.65. The smallest absolute Gasteiger partial charge is 0.326 e. The SMILES string of the molecule is CC(C)C[C@H](Nc1nc(Cl)ncc1I)C(=O)O. The number of halogens is 2. The lowest BCUT2D eigenvalue weighted by Gasteiger charge is -2.17. The zero-order valence-corrected chi connectivity index (χ0v) is 12.4. The molecule has 0 spiro atoms. The molecule has 1 aromatic heterocycles. The van der Waals surface area contributed by atoms with Gasteiger partial charge < -0.3 is 10.4 Å². The van der Waals surface area contributed by atoms with E-state index in [-0.39, 0.29) is 11.2 Å². The number of carbonyl (C=O) groups is 1. The Morgan fingerprint density at radius 3 is 2.82 bits per heavy atom. The summed E-state index contributed by atoms with van der Waals surface area (Å²) in [5, 5.41) is 12.1. The van der Waals surface area contributed by atoms with Crippen LogP contribution >= 0.6 is 34.2 Å². The zero-order chi connectivity index (χ0) is 13.0. The van der Waals surface area contributed by atoms with Crippen LogP contribution in [0.4, 0.5) is 5.82 Å². The fourth-order valence-electron chi connectivity index (χ4n) is 1.30. The van der Waals surface area contributed by atoms with E-state index >= 15 is 0 Å². The number of aromatic nitrogens is 2. The monoisotopic (exact) mass is 369 g/mol. The first-order valence-electron chi connectivity index (χ1n) is 5.07. The van der Waals surface area contributed by atoms with Crippen LogP contribution in [0.2, 0.25) is 5.28 Å². The molecule has 0 fully saturated rings. The number of rotatable bonds is 5. The summed E-state index contributed by atoms with van der Waals surface area (Å²) in [6.45, 7) is 3.94. The molecule has 0 aromatic carbocycles. The highest BCUT2D eigenvalue weighted by Crippen LogP contribution is 2.19. The van der Waals surface area contributed by atoms with Crippen LogP contribution in [0.3, 0.4) is 0 Å². The molecule has 1 rings (SSSR count). The zero-order valence-electron chi connectivity index (χ0n) is 9.44. The Labute approximate surface area is 118 Å². The van der Waals surface area contributed by atoms with Gasteiger partial charge in [0.2, 0.25) is 5.28 Å². The summed E-state index contributed by atoms with van der Waals surface area (Å²) in [5.74, 6) is -0.165. The third kappa shape index (κ3) is 4.63. The molecule has 0 saturated heterocycles. The van der Waals surface area contributed by atoms with E-state index in [0.29, 0.717) is 12.2 Å². The second-order valence-corrected chi connectivity index (χ2v) is 5.50. The molecule has 0 bridgehead atoms. The van der Waals surface area contributed by atoms with Crippen LogP contribution in [0.25, 0.3) is 0 Å². The lowest BCUT2D eigenvalue weighted by molar-refractivity contribution is -0.138. The van der Waals surface area contributed by atoms with E-state index in [1.54, 1.807) is 6.20 Å². The van der Waals surface area contributed by atoms with Gasteiger partial charge in [0.1, 0.15) is 11.9 Å². The van der Waals surface area contributed by atoms with Crippen molar-refractivity contribution in [1.82, 2.24) is 9.97 Å². The van der Waals surface area contributed by atoms with Crippen LogP contribution < -0.4 is 5.32 Å². The molecule has 0 amide bonds. The maximum atomic E-state index is 11.1. The Bertz CT molecular complexity index is 415. The minimum atomic E-state index is -0.899. The minimum Gasteiger partial charge on any atom is -0.480 e. The van der Waals surface area contributed by atoms with E-state index in [4.69, 9.17) is 16.7 Å². The van der Waals surface area contributed by atoms with E-state index in [2.05, 4.69) is 15.3 Å². The largest absolute Gasteiger partial charge is 0.480 e. The Morgan fingerprint density at radius 1 is 1.65 bits per heavy atom. The summed E-state index contributed by atoms with van der Waals surface area (Å²) in [6.07, 6.45) is 2.07. The summed E-state index contributed by atoms with van der Waals surface area (Å²) in [7, 11) is 0. The maximum Gasteiger partial charge on any atom is 0.326 e. The first-order chi connectivity index (χ1) is 7.90. The summed E-state index contributed by atoms with van der Waals surface area (Å²) in [6, 6.07) is -0.672. The van der Waals surface area contributed by atoms with Crippen LogP contribution in [0.1, 0.15) is 20.3 Å². The van der Waals surface area contributed by atoms with Crippen molar-refractivity contribution in [2.24, 2.45) is 5.92 Å². The van der Waals surface area contributed by atoms with Gasteiger partial charge in [-0.15, -0.1) is 0 Å². The summed E-state index contributed by atoms with van der Waals surface area (Å²) in [5.41, 5.74) is 0. The number of nitrogens with one attached hydrogen (secondary N) is 1. The van der Waals surface area contributed by atoms with Crippen molar-refractivity contribution in [3.8, 4) is 0 Å². The number of nitrogens with zero attached hydrogens (tertiary/aromatic N) is 2. The molecule has 1 heterocycles. The van der Waals surface area contributed by atoms with E-state index in [9.17, 15) is 4.79 Å². The third-order valence-corrected chi connectivity index (χ3v) is 3.00. The van der Waals surface area contributed by atoms with Gasteiger partial charge in [-0.3, -0.25) is 0 Å². The topological polar surface area (TPSA) is 75.1 Å². The van der Waals surface area contributed by atoms with Crippen molar-refractivity contribution < 1.29 is 9.90 Å². The van der Waals surface area contributed by atoms with E-state index in [0.717, 1.165) is 3.57 Å². The number of hydrogen-bond donors (Lipinski definition) is 2. The van der Waals surface area contributed by atoms with Gasteiger partial charge in [-0.25, -0.2) is 9.78 Å². The molecule has 17 heavy (non-hydrogen) atoms. The molecule has 7 heteroatoms. The quantitative estimate of drug-likeness (QED) is 0.616. The molecule has 2 N–H and O–H groups in total. The molecular formula is C10H13ClIN3O2. The normalized spacial score (nSPS) is 12.5. The van der Waals surface area contributed by atoms with Crippen LogP contribution in [0.15, 0.2) is 6.20 Å². The number of hydrogen-bond acceptors (Lipinski definition) is 4. The molecule has 5 nitrogen and oxygen atoms in total. The summed E-state index contributed by atoms with van der Waals surface area (Å²) >= 11 is 7.70. The molecular weight excluding hydrogens is 356 g/mol. The number of carboxylic acids is 1. The van der Waals surface area contributed by atoms with E-state index in [1.807, 2.05) is 36.4 Å². The highest BCUT2D eigenvalue weighted by atomic mass is 127. The van der Waals surface area contributed by atoms with Crippen molar-refractivity contribution in [2.75, 3.05) is 5.32 Å². The van der Waals surface area contributed by atoms with Gasteiger partial charge in [0.05, 0.1) is 3.57 Å². The van der Waals surface area contributed by atoms with Crippen molar-refractivity contribution in [2.45, 2.75) is 26.3 Å². The second-order valence-electron chi connectivity index (χ2n) is 4.00. The van der Waals surface area contributed by atoms with Gasteiger partial charge in [0.25, 0.3) is 0 Å². The van der Waals surface area contributed by atoms with Gasteiger partial charge in [0.15, 0.2) is 0 Å². The van der Waals surface area contributed by atoms with Crippen molar-refractivity contribution >= 4 is 46.0 Å². The number of anilines is 1. The lowest BCUT2D eigenvalue weighted by Crippen LogP contribution is -2.31. The average molecular weight is 370 g/mol. The highest BCUT2D eigenvalue weighted by Gasteiger charge is 2.20. The fourth-order valence-corrected chi connectivity index (χ4v) is 1.85. The minimum absolute atomic E-state index is 0.0987. The molecule has 94 valence electrons.